The number of carbonyl (C=O) groups excluding carboxylic acids is 5. The minimum atomic E-state index is -1.49. The molecule has 0 saturated carbocycles. The fraction of sp³-hybridized carbons (Fsp3) is 0.600. The summed E-state index contributed by atoms with van der Waals surface area (Å²) < 4.78 is 0. The van der Waals surface area contributed by atoms with Crippen LogP contribution < -0.4 is 38.5 Å². The van der Waals surface area contributed by atoms with Gasteiger partial charge < -0.3 is 43.6 Å². The third kappa shape index (κ3) is 14.0. The van der Waals surface area contributed by atoms with Crippen LogP contribution in [0.25, 0.3) is 0 Å². The minimum absolute atomic E-state index is 0.0927. The van der Waals surface area contributed by atoms with E-state index in [-0.39, 0.29) is 18.8 Å². The van der Waals surface area contributed by atoms with Crippen molar-refractivity contribution in [2.24, 2.45) is 29.0 Å². The van der Waals surface area contributed by atoms with Crippen molar-refractivity contribution >= 4 is 35.5 Å². The molecule has 0 aliphatic heterocycles. The summed E-state index contributed by atoms with van der Waals surface area (Å²) in [5.41, 5.74) is 17.6. The lowest BCUT2D eigenvalue weighted by Crippen LogP contribution is -2.59. The minimum Gasteiger partial charge on any atom is -0.480 e. The SMILES string of the molecule is CC(C)C[C@H](NC(=O)[C@H](Cc1ccccc1)NC(=O)[C@@H](N)CCCCN)C(=O)N[C@@H](CC(N)=O)C(=O)N[C@H](C(=O)O)C(C)C. The van der Waals surface area contributed by atoms with Crippen molar-refractivity contribution in [1.82, 2.24) is 21.3 Å². The highest BCUT2D eigenvalue weighted by Crippen LogP contribution is 2.10. The first-order valence-corrected chi connectivity index (χ1v) is 14.9. The fourth-order valence-electron chi connectivity index (χ4n) is 4.40. The number of amides is 5. The van der Waals surface area contributed by atoms with Gasteiger partial charge in [0, 0.05) is 6.42 Å². The Morgan fingerprint density at radius 2 is 1.32 bits per heavy atom. The molecule has 0 bridgehead atoms. The second-order valence-electron chi connectivity index (χ2n) is 11.6. The van der Waals surface area contributed by atoms with E-state index in [4.69, 9.17) is 17.2 Å². The van der Waals surface area contributed by atoms with Gasteiger partial charge in [-0.1, -0.05) is 64.4 Å². The predicted octanol–water partition coefficient (Wildman–Crippen LogP) is -0.713. The zero-order valence-corrected chi connectivity index (χ0v) is 26.0. The van der Waals surface area contributed by atoms with Crippen molar-refractivity contribution in [1.29, 1.82) is 0 Å². The molecule has 0 saturated heterocycles. The summed E-state index contributed by atoms with van der Waals surface area (Å²) >= 11 is 0. The normalized spacial score (nSPS) is 14.5. The van der Waals surface area contributed by atoms with Crippen LogP contribution in [0.5, 0.6) is 0 Å². The van der Waals surface area contributed by atoms with E-state index in [1.165, 1.54) is 0 Å². The first-order valence-electron chi connectivity index (χ1n) is 14.9. The third-order valence-electron chi connectivity index (χ3n) is 6.83. The molecular weight excluding hydrogens is 570 g/mol. The van der Waals surface area contributed by atoms with Gasteiger partial charge >= 0.3 is 5.97 Å². The Kier molecular flexibility index (Phi) is 16.6. The molecule has 0 aliphatic carbocycles. The molecule has 0 radical (unpaired) electrons. The summed E-state index contributed by atoms with van der Waals surface area (Å²) in [4.78, 5) is 76.2. The van der Waals surface area contributed by atoms with Gasteiger partial charge in [0.2, 0.25) is 29.5 Å². The van der Waals surface area contributed by atoms with Crippen LogP contribution in [0.4, 0.5) is 0 Å². The maximum Gasteiger partial charge on any atom is 0.326 e. The predicted molar refractivity (Wildman–Crippen MR) is 164 cm³/mol. The Bertz CT molecular complexity index is 1110. The molecule has 5 amide bonds. The summed E-state index contributed by atoms with van der Waals surface area (Å²) in [7, 11) is 0. The zero-order valence-electron chi connectivity index (χ0n) is 26.0. The molecule has 0 unspecified atom stereocenters. The number of hydrogen-bond donors (Lipinski definition) is 8. The van der Waals surface area contributed by atoms with E-state index in [0.29, 0.717) is 25.8 Å². The molecule has 44 heavy (non-hydrogen) atoms. The van der Waals surface area contributed by atoms with Crippen molar-refractivity contribution < 1.29 is 33.9 Å². The Balaban J connectivity index is 3.20. The standard InChI is InChI=1S/C30H49N7O7/c1-17(2)14-21(27(40)36-23(16-24(33)38)29(42)37-25(18(3)4)30(43)44)35-28(41)22(15-19-10-6-5-7-11-19)34-26(39)20(32)12-8-9-13-31/h5-7,10-11,17-18,20-23,25H,8-9,12-16,31-32H2,1-4H3,(H2,33,38)(H,34,39)(H,35,41)(H,36,40)(H,37,42)(H,43,44)/t20-,21-,22-,23-,25-/m0/s1. The number of carboxylic acid groups (broad SMARTS) is 1. The highest BCUT2D eigenvalue weighted by Gasteiger charge is 2.33. The highest BCUT2D eigenvalue weighted by molar-refractivity contribution is 5.97. The third-order valence-corrected chi connectivity index (χ3v) is 6.83. The molecule has 0 fully saturated rings. The van der Waals surface area contributed by atoms with E-state index in [1.54, 1.807) is 38.1 Å². The van der Waals surface area contributed by atoms with Crippen molar-refractivity contribution in [3.63, 3.8) is 0 Å². The lowest BCUT2D eigenvalue weighted by molar-refractivity contribution is -0.143. The van der Waals surface area contributed by atoms with E-state index in [9.17, 15) is 33.9 Å². The molecule has 1 rings (SSSR count). The number of primary amides is 1. The first-order chi connectivity index (χ1) is 20.7. The van der Waals surface area contributed by atoms with Crippen LogP contribution >= 0.6 is 0 Å². The summed E-state index contributed by atoms with van der Waals surface area (Å²) in [6.45, 7) is 7.29. The number of carbonyl (C=O) groups is 6. The van der Waals surface area contributed by atoms with Crippen LogP contribution in [0.2, 0.25) is 0 Å². The molecule has 1 aromatic carbocycles. The van der Waals surface area contributed by atoms with E-state index >= 15 is 0 Å². The molecule has 5 atom stereocenters. The molecule has 14 heteroatoms. The van der Waals surface area contributed by atoms with Gasteiger partial charge in [-0.3, -0.25) is 24.0 Å². The van der Waals surface area contributed by atoms with Crippen LogP contribution in [0.1, 0.15) is 65.4 Å². The van der Waals surface area contributed by atoms with E-state index in [1.807, 2.05) is 19.9 Å². The van der Waals surface area contributed by atoms with Gasteiger partial charge in [0.05, 0.1) is 12.5 Å². The highest BCUT2D eigenvalue weighted by atomic mass is 16.4. The molecule has 0 aliphatic rings. The number of aliphatic carboxylic acids is 1. The lowest BCUT2D eigenvalue weighted by atomic mass is 10.00. The second kappa shape index (κ2) is 19.3. The largest absolute Gasteiger partial charge is 0.480 e. The maximum absolute atomic E-state index is 13.6. The topological polar surface area (TPSA) is 249 Å². The maximum atomic E-state index is 13.6. The summed E-state index contributed by atoms with van der Waals surface area (Å²) in [6, 6.07) is 3.10. The van der Waals surface area contributed by atoms with Gasteiger partial charge in [-0.25, -0.2) is 4.79 Å². The second-order valence-corrected chi connectivity index (χ2v) is 11.6. The summed E-state index contributed by atoms with van der Waals surface area (Å²) in [5, 5.41) is 19.6. The number of benzene rings is 1. The lowest BCUT2D eigenvalue weighted by Gasteiger charge is -2.27. The zero-order chi connectivity index (χ0) is 33.4. The number of hydrogen-bond acceptors (Lipinski definition) is 8. The van der Waals surface area contributed by atoms with E-state index in [2.05, 4.69) is 21.3 Å². The van der Waals surface area contributed by atoms with Crippen molar-refractivity contribution in [3.8, 4) is 0 Å². The van der Waals surface area contributed by atoms with Crippen LogP contribution in [0.3, 0.4) is 0 Å². The number of rotatable bonds is 20. The molecule has 246 valence electrons. The molecule has 1 aromatic rings. The molecular formula is C30H49N7O7. The Hall–Kier alpha value is -4.04. The molecule has 0 aromatic heterocycles. The van der Waals surface area contributed by atoms with Crippen molar-refractivity contribution in [2.75, 3.05) is 6.54 Å². The first kappa shape index (κ1) is 38.0. The van der Waals surface area contributed by atoms with Crippen LogP contribution in [-0.4, -0.2) is 77.4 Å². The van der Waals surface area contributed by atoms with Crippen LogP contribution in [0.15, 0.2) is 30.3 Å². The Morgan fingerprint density at radius 3 is 1.84 bits per heavy atom. The quantitative estimate of drug-likeness (QED) is 0.0857. The smallest absolute Gasteiger partial charge is 0.326 e. The Labute approximate surface area is 258 Å². The van der Waals surface area contributed by atoms with Crippen LogP contribution in [0, 0.1) is 11.8 Å². The van der Waals surface area contributed by atoms with Gasteiger partial charge in [0.15, 0.2) is 0 Å². The molecule has 0 spiro atoms. The average Bonchev–Trinajstić information content (AvgIpc) is 2.94. The number of nitrogens with one attached hydrogen (secondary N) is 4. The van der Waals surface area contributed by atoms with Gasteiger partial charge in [-0.05, 0) is 43.2 Å². The molecule has 14 nitrogen and oxygen atoms in total. The van der Waals surface area contributed by atoms with E-state index in [0.717, 1.165) is 5.56 Å². The van der Waals surface area contributed by atoms with Gasteiger partial charge in [0.1, 0.15) is 24.2 Å². The van der Waals surface area contributed by atoms with E-state index < -0.39 is 78.1 Å². The molecule has 11 N–H and O–H groups in total. The molecule has 0 heterocycles. The van der Waals surface area contributed by atoms with Gasteiger partial charge in [-0.15, -0.1) is 0 Å². The monoisotopic (exact) mass is 619 g/mol. The Morgan fingerprint density at radius 1 is 0.773 bits per heavy atom. The van der Waals surface area contributed by atoms with Gasteiger partial charge in [-0.2, -0.15) is 0 Å². The number of carboxylic acids is 1. The van der Waals surface area contributed by atoms with Crippen molar-refractivity contribution in [2.45, 2.75) is 96.4 Å². The summed E-state index contributed by atoms with van der Waals surface area (Å²) in [6.07, 6.45) is 1.38. The van der Waals surface area contributed by atoms with Gasteiger partial charge in [0.25, 0.3) is 0 Å². The van der Waals surface area contributed by atoms with Crippen LogP contribution in [-0.2, 0) is 35.2 Å². The average molecular weight is 620 g/mol. The summed E-state index contributed by atoms with van der Waals surface area (Å²) in [5.74, 6) is -5.64. The fourth-order valence-corrected chi connectivity index (χ4v) is 4.40. The van der Waals surface area contributed by atoms with Crippen molar-refractivity contribution in [3.05, 3.63) is 35.9 Å². The number of nitrogens with two attached hydrogens (primary N) is 3. The number of unbranched alkanes of at least 4 members (excludes halogenated alkanes) is 1.